The molecule has 0 heterocycles. The fourth-order valence-corrected chi connectivity index (χ4v) is 2.80. The van der Waals surface area contributed by atoms with Crippen molar-refractivity contribution >= 4 is 23.2 Å². The Labute approximate surface area is 71.2 Å². The minimum Gasteiger partial charge on any atom is -0.117 e. The molecular weight excluding hydrogens is 167 g/mol. The SMILES string of the molecule is ClC1=C[C@@H]2CCC[C@@H]2[C@@H]1Cl. The van der Waals surface area contributed by atoms with Gasteiger partial charge in [-0.1, -0.05) is 24.1 Å². The summed E-state index contributed by atoms with van der Waals surface area (Å²) in [5.41, 5.74) is 0. The van der Waals surface area contributed by atoms with Gasteiger partial charge in [-0.15, -0.1) is 11.6 Å². The lowest BCUT2D eigenvalue weighted by molar-refractivity contribution is 0.500. The molecule has 0 spiro atoms. The van der Waals surface area contributed by atoms with E-state index >= 15 is 0 Å². The Morgan fingerprint density at radius 3 is 2.90 bits per heavy atom. The van der Waals surface area contributed by atoms with Crippen molar-refractivity contribution in [2.24, 2.45) is 11.8 Å². The Morgan fingerprint density at radius 1 is 1.40 bits per heavy atom. The zero-order valence-corrected chi connectivity index (χ0v) is 7.20. The molecule has 0 nitrogen and oxygen atoms in total. The molecule has 2 aliphatic rings. The van der Waals surface area contributed by atoms with Gasteiger partial charge >= 0.3 is 0 Å². The number of hydrogen-bond donors (Lipinski definition) is 0. The van der Waals surface area contributed by atoms with Gasteiger partial charge in [-0.05, 0) is 24.7 Å². The minimum atomic E-state index is 0.133. The minimum absolute atomic E-state index is 0.133. The van der Waals surface area contributed by atoms with Crippen LogP contribution in [0, 0.1) is 11.8 Å². The number of allylic oxidation sites excluding steroid dienone is 2. The average Bonchev–Trinajstić information content (AvgIpc) is 2.41. The normalized spacial score (nSPS) is 45.4. The van der Waals surface area contributed by atoms with Gasteiger partial charge < -0.3 is 0 Å². The van der Waals surface area contributed by atoms with E-state index in [2.05, 4.69) is 6.08 Å². The van der Waals surface area contributed by atoms with Crippen molar-refractivity contribution < 1.29 is 0 Å². The van der Waals surface area contributed by atoms with E-state index in [1.54, 1.807) is 0 Å². The highest BCUT2D eigenvalue weighted by molar-refractivity contribution is 6.37. The summed E-state index contributed by atoms with van der Waals surface area (Å²) >= 11 is 12.0. The number of halogens is 2. The van der Waals surface area contributed by atoms with Gasteiger partial charge in [0.25, 0.3) is 0 Å². The zero-order chi connectivity index (χ0) is 7.14. The lowest BCUT2D eigenvalue weighted by atomic mass is 10.0. The molecule has 0 amide bonds. The summed E-state index contributed by atoms with van der Waals surface area (Å²) in [6, 6.07) is 0. The third kappa shape index (κ3) is 0.895. The van der Waals surface area contributed by atoms with E-state index in [0.29, 0.717) is 11.8 Å². The van der Waals surface area contributed by atoms with E-state index in [-0.39, 0.29) is 5.38 Å². The lowest BCUT2D eigenvalue weighted by Crippen LogP contribution is -2.10. The predicted molar refractivity (Wildman–Crippen MR) is 44.4 cm³/mol. The standard InChI is InChI=1S/C8H10Cl2/c9-7-4-5-2-1-3-6(5)8(7)10/h4-6,8H,1-3H2/t5-,6-,8-/m0/s1. The van der Waals surface area contributed by atoms with Gasteiger partial charge in [0.2, 0.25) is 0 Å². The maximum atomic E-state index is 6.06. The van der Waals surface area contributed by atoms with E-state index in [1.807, 2.05) is 0 Å². The van der Waals surface area contributed by atoms with Crippen LogP contribution < -0.4 is 0 Å². The van der Waals surface area contributed by atoms with Gasteiger partial charge in [0.15, 0.2) is 0 Å². The first kappa shape index (κ1) is 7.00. The second-order valence-corrected chi connectivity index (χ2v) is 4.12. The maximum absolute atomic E-state index is 6.06. The van der Waals surface area contributed by atoms with Crippen LogP contribution in [-0.2, 0) is 0 Å². The number of hydrogen-bond acceptors (Lipinski definition) is 0. The molecule has 0 unspecified atom stereocenters. The molecule has 56 valence electrons. The van der Waals surface area contributed by atoms with E-state index < -0.39 is 0 Å². The highest BCUT2D eigenvalue weighted by atomic mass is 35.5. The van der Waals surface area contributed by atoms with Crippen LogP contribution in [0.1, 0.15) is 19.3 Å². The maximum Gasteiger partial charge on any atom is 0.0722 e. The van der Waals surface area contributed by atoms with E-state index in [4.69, 9.17) is 23.2 Å². The molecule has 3 atom stereocenters. The van der Waals surface area contributed by atoms with Crippen molar-refractivity contribution in [1.29, 1.82) is 0 Å². The quantitative estimate of drug-likeness (QED) is 0.498. The molecule has 0 aromatic carbocycles. The number of rotatable bonds is 0. The van der Waals surface area contributed by atoms with Crippen molar-refractivity contribution in [2.45, 2.75) is 24.6 Å². The second-order valence-electron chi connectivity index (χ2n) is 3.21. The highest BCUT2D eigenvalue weighted by Gasteiger charge is 2.38. The largest absolute Gasteiger partial charge is 0.117 e. The Kier molecular flexibility index (Phi) is 1.69. The topological polar surface area (TPSA) is 0 Å². The fourth-order valence-electron chi connectivity index (χ4n) is 2.09. The van der Waals surface area contributed by atoms with Gasteiger partial charge in [0, 0.05) is 5.03 Å². The molecule has 2 rings (SSSR count). The van der Waals surface area contributed by atoms with E-state index in [1.165, 1.54) is 19.3 Å². The third-order valence-corrected chi connectivity index (χ3v) is 3.67. The Hall–Kier alpha value is 0.320. The van der Waals surface area contributed by atoms with Crippen molar-refractivity contribution in [3.63, 3.8) is 0 Å². The van der Waals surface area contributed by atoms with Crippen LogP contribution in [0.4, 0.5) is 0 Å². The highest BCUT2D eigenvalue weighted by Crippen LogP contribution is 2.46. The zero-order valence-electron chi connectivity index (χ0n) is 5.69. The first-order valence-electron chi connectivity index (χ1n) is 3.80. The van der Waals surface area contributed by atoms with Crippen LogP contribution in [0.5, 0.6) is 0 Å². The van der Waals surface area contributed by atoms with Crippen molar-refractivity contribution in [1.82, 2.24) is 0 Å². The Balaban J connectivity index is 2.20. The molecule has 0 aromatic heterocycles. The van der Waals surface area contributed by atoms with Crippen molar-refractivity contribution in [2.75, 3.05) is 0 Å². The molecule has 1 fully saturated rings. The van der Waals surface area contributed by atoms with Crippen LogP contribution in [0.3, 0.4) is 0 Å². The van der Waals surface area contributed by atoms with E-state index in [0.717, 1.165) is 5.03 Å². The molecule has 0 N–H and O–H groups in total. The second kappa shape index (κ2) is 2.42. The van der Waals surface area contributed by atoms with Gasteiger partial charge in [0.05, 0.1) is 5.38 Å². The summed E-state index contributed by atoms with van der Waals surface area (Å²) in [7, 11) is 0. The van der Waals surface area contributed by atoms with Gasteiger partial charge in [-0.2, -0.15) is 0 Å². The molecule has 1 saturated carbocycles. The van der Waals surface area contributed by atoms with E-state index in [9.17, 15) is 0 Å². The summed E-state index contributed by atoms with van der Waals surface area (Å²) in [6.07, 6.45) is 6.05. The average molecular weight is 177 g/mol. The Bertz CT molecular complexity index is 174. The van der Waals surface area contributed by atoms with Gasteiger partial charge in [0.1, 0.15) is 0 Å². The molecule has 0 bridgehead atoms. The number of alkyl halides is 1. The van der Waals surface area contributed by atoms with Gasteiger partial charge in [-0.25, -0.2) is 0 Å². The van der Waals surface area contributed by atoms with Gasteiger partial charge in [-0.3, -0.25) is 0 Å². The molecule has 2 heteroatoms. The number of fused-ring (bicyclic) bond motifs is 1. The molecule has 10 heavy (non-hydrogen) atoms. The fraction of sp³-hybridized carbons (Fsp3) is 0.750. The summed E-state index contributed by atoms with van der Waals surface area (Å²) in [6.45, 7) is 0. The molecule has 0 aliphatic heterocycles. The predicted octanol–water partition coefficient (Wildman–Crippen LogP) is 3.15. The Morgan fingerprint density at radius 2 is 2.20 bits per heavy atom. The third-order valence-electron chi connectivity index (χ3n) is 2.64. The first-order chi connectivity index (χ1) is 4.79. The van der Waals surface area contributed by atoms with Crippen LogP contribution in [-0.4, -0.2) is 5.38 Å². The first-order valence-corrected chi connectivity index (χ1v) is 4.62. The van der Waals surface area contributed by atoms with Crippen LogP contribution in [0.15, 0.2) is 11.1 Å². The molecular formula is C8H10Cl2. The molecule has 0 aromatic rings. The molecule has 0 saturated heterocycles. The van der Waals surface area contributed by atoms with Crippen LogP contribution >= 0.6 is 23.2 Å². The monoisotopic (exact) mass is 176 g/mol. The smallest absolute Gasteiger partial charge is 0.0722 e. The lowest BCUT2D eigenvalue weighted by Gasteiger charge is -2.11. The van der Waals surface area contributed by atoms with Crippen LogP contribution in [0.25, 0.3) is 0 Å². The summed E-state index contributed by atoms with van der Waals surface area (Å²) in [5.74, 6) is 1.36. The molecule has 0 radical (unpaired) electrons. The summed E-state index contributed by atoms with van der Waals surface area (Å²) < 4.78 is 0. The summed E-state index contributed by atoms with van der Waals surface area (Å²) in [4.78, 5) is 0. The van der Waals surface area contributed by atoms with Crippen molar-refractivity contribution in [3.8, 4) is 0 Å². The van der Waals surface area contributed by atoms with Crippen LogP contribution in [0.2, 0.25) is 0 Å². The molecule has 2 aliphatic carbocycles. The van der Waals surface area contributed by atoms with Crippen molar-refractivity contribution in [3.05, 3.63) is 11.1 Å². The summed E-state index contributed by atoms with van der Waals surface area (Å²) in [5, 5.41) is 1.02.